The highest BCUT2D eigenvalue weighted by Gasteiger charge is 1.86. The normalized spacial score (nSPS) is 11.0. The van der Waals surface area contributed by atoms with Crippen LogP contribution >= 0.6 is 0 Å². The van der Waals surface area contributed by atoms with Crippen molar-refractivity contribution in [3.8, 4) is 0 Å². The monoisotopic (exact) mass is 207 g/mol. The lowest BCUT2D eigenvalue weighted by Gasteiger charge is -2.00. The van der Waals surface area contributed by atoms with Crippen LogP contribution in [0.15, 0.2) is 24.8 Å². The van der Waals surface area contributed by atoms with E-state index >= 15 is 0 Å². The zero-order valence-corrected chi connectivity index (χ0v) is 9.02. The van der Waals surface area contributed by atoms with Crippen LogP contribution in [0.2, 0.25) is 0 Å². The lowest BCUT2D eigenvalue weighted by atomic mass is 10.3. The van der Waals surface area contributed by atoms with Crippen molar-refractivity contribution < 1.29 is 4.74 Å². The Balaban J connectivity index is 2.07. The average Bonchev–Trinajstić information content (AvgIpc) is 2.29. The fourth-order valence-electron chi connectivity index (χ4n) is 1.10. The summed E-state index contributed by atoms with van der Waals surface area (Å²) in [5, 5.41) is 3.27. The molecule has 1 heterocycles. The van der Waals surface area contributed by atoms with Gasteiger partial charge in [-0.2, -0.15) is 0 Å². The van der Waals surface area contributed by atoms with Gasteiger partial charge >= 0.3 is 0 Å². The van der Waals surface area contributed by atoms with Gasteiger partial charge in [-0.05, 0) is 13.0 Å². The fraction of sp³-hybridized carbons (Fsp3) is 0.455. The first kappa shape index (κ1) is 11.8. The fourth-order valence-corrected chi connectivity index (χ4v) is 1.10. The smallest absolute Gasteiger partial charge is 0.115 e. The lowest BCUT2D eigenvalue weighted by Crippen LogP contribution is -2.19. The summed E-state index contributed by atoms with van der Waals surface area (Å²) in [5.74, 6) is 0. The second-order valence-electron chi connectivity index (χ2n) is 3.11. The van der Waals surface area contributed by atoms with Crippen LogP contribution in [0.4, 0.5) is 0 Å². The van der Waals surface area contributed by atoms with Crippen LogP contribution < -0.4 is 5.32 Å². The molecular formula is C11H17N3O. The van der Waals surface area contributed by atoms with Gasteiger partial charge in [-0.15, -0.1) is 0 Å². The quantitative estimate of drug-likeness (QED) is 0.680. The predicted molar refractivity (Wildman–Crippen MR) is 60.4 cm³/mol. The Morgan fingerprint density at radius 1 is 1.33 bits per heavy atom. The first-order chi connectivity index (χ1) is 7.43. The Hall–Kier alpha value is -1.26. The van der Waals surface area contributed by atoms with Gasteiger partial charge in [0.05, 0.1) is 6.61 Å². The van der Waals surface area contributed by atoms with Gasteiger partial charge in [-0.3, -0.25) is 0 Å². The molecule has 0 atom stereocenters. The van der Waals surface area contributed by atoms with Crippen LogP contribution in [0.1, 0.15) is 12.0 Å². The number of rotatable bonds is 7. The molecule has 1 aromatic heterocycles. The van der Waals surface area contributed by atoms with Gasteiger partial charge < -0.3 is 10.1 Å². The number of methoxy groups -OCH3 is 1. The largest absolute Gasteiger partial charge is 0.383 e. The van der Waals surface area contributed by atoms with Crippen molar-refractivity contribution in [3.63, 3.8) is 0 Å². The van der Waals surface area contributed by atoms with Gasteiger partial charge in [0, 0.05) is 31.6 Å². The standard InChI is InChI=1S/C11H17N3O/c1-15-7-6-12-5-3-2-4-11-8-13-10-14-9-11/h2,4,8-10,12H,3,5-7H2,1H3. The highest BCUT2D eigenvalue weighted by Crippen LogP contribution is 1.96. The molecule has 0 saturated carbocycles. The van der Waals surface area contributed by atoms with Crippen LogP contribution in [-0.4, -0.2) is 36.8 Å². The number of hydrogen-bond donors (Lipinski definition) is 1. The maximum atomic E-state index is 4.92. The van der Waals surface area contributed by atoms with Crippen LogP contribution in [-0.2, 0) is 4.74 Å². The molecule has 0 bridgehead atoms. The minimum Gasteiger partial charge on any atom is -0.383 e. The molecule has 4 nitrogen and oxygen atoms in total. The molecule has 1 rings (SSSR count). The zero-order chi connectivity index (χ0) is 10.8. The Morgan fingerprint density at radius 3 is 2.87 bits per heavy atom. The van der Waals surface area contributed by atoms with Crippen LogP contribution in [0.5, 0.6) is 0 Å². The van der Waals surface area contributed by atoms with Crippen molar-refractivity contribution in [2.75, 3.05) is 26.8 Å². The summed E-state index contributed by atoms with van der Waals surface area (Å²) in [4.78, 5) is 7.86. The summed E-state index contributed by atoms with van der Waals surface area (Å²) < 4.78 is 4.92. The number of ether oxygens (including phenoxy) is 1. The molecule has 0 saturated heterocycles. The predicted octanol–water partition coefficient (Wildman–Crippen LogP) is 1.12. The molecule has 15 heavy (non-hydrogen) atoms. The second kappa shape index (κ2) is 8.08. The molecule has 82 valence electrons. The van der Waals surface area contributed by atoms with E-state index in [0.29, 0.717) is 0 Å². The number of nitrogens with zero attached hydrogens (tertiary/aromatic N) is 2. The number of nitrogens with one attached hydrogen (secondary N) is 1. The van der Waals surface area contributed by atoms with E-state index in [0.717, 1.165) is 31.7 Å². The number of aromatic nitrogens is 2. The van der Waals surface area contributed by atoms with Crippen LogP contribution in [0.3, 0.4) is 0 Å². The number of hydrogen-bond acceptors (Lipinski definition) is 4. The first-order valence-corrected chi connectivity index (χ1v) is 5.04. The third-order valence-corrected chi connectivity index (χ3v) is 1.86. The minimum atomic E-state index is 0.760. The minimum absolute atomic E-state index is 0.760. The van der Waals surface area contributed by atoms with E-state index < -0.39 is 0 Å². The van der Waals surface area contributed by atoms with Crippen molar-refractivity contribution in [1.82, 2.24) is 15.3 Å². The summed E-state index contributed by atoms with van der Waals surface area (Å²) in [6.07, 6.45) is 10.3. The maximum absolute atomic E-state index is 4.92. The molecule has 0 fully saturated rings. The Kier molecular flexibility index (Phi) is 6.36. The molecule has 1 N–H and O–H groups in total. The molecule has 0 amide bonds. The van der Waals surface area contributed by atoms with E-state index in [9.17, 15) is 0 Å². The van der Waals surface area contributed by atoms with Gasteiger partial charge in [-0.1, -0.05) is 12.2 Å². The van der Waals surface area contributed by atoms with Gasteiger partial charge in [0.15, 0.2) is 0 Å². The molecular weight excluding hydrogens is 190 g/mol. The van der Waals surface area contributed by atoms with Crippen molar-refractivity contribution in [3.05, 3.63) is 30.4 Å². The third kappa shape index (κ3) is 5.93. The van der Waals surface area contributed by atoms with Crippen molar-refractivity contribution in [1.29, 1.82) is 0 Å². The van der Waals surface area contributed by atoms with Crippen molar-refractivity contribution >= 4 is 6.08 Å². The highest BCUT2D eigenvalue weighted by molar-refractivity contribution is 5.45. The summed E-state index contributed by atoms with van der Waals surface area (Å²) in [6, 6.07) is 0. The third-order valence-electron chi connectivity index (χ3n) is 1.86. The van der Waals surface area contributed by atoms with Gasteiger partial charge in [-0.25, -0.2) is 9.97 Å². The molecule has 1 aromatic rings. The molecule has 0 unspecified atom stereocenters. The van der Waals surface area contributed by atoms with E-state index in [1.807, 2.05) is 6.08 Å². The van der Waals surface area contributed by atoms with E-state index in [1.165, 1.54) is 6.33 Å². The molecule has 4 heteroatoms. The highest BCUT2D eigenvalue weighted by atomic mass is 16.5. The summed E-state index contributed by atoms with van der Waals surface area (Å²) in [7, 11) is 1.71. The van der Waals surface area contributed by atoms with Crippen molar-refractivity contribution in [2.24, 2.45) is 0 Å². The van der Waals surface area contributed by atoms with E-state index in [-0.39, 0.29) is 0 Å². The first-order valence-electron chi connectivity index (χ1n) is 5.04. The average molecular weight is 207 g/mol. The van der Waals surface area contributed by atoms with Gasteiger partial charge in [0.2, 0.25) is 0 Å². The topological polar surface area (TPSA) is 47.0 Å². The van der Waals surface area contributed by atoms with Crippen LogP contribution in [0, 0.1) is 0 Å². The summed E-state index contributed by atoms with van der Waals surface area (Å²) in [5.41, 5.74) is 1.04. The second-order valence-corrected chi connectivity index (χ2v) is 3.11. The molecule has 0 radical (unpaired) electrons. The Morgan fingerprint density at radius 2 is 2.13 bits per heavy atom. The van der Waals surface area contributed by atoms with E-state index in [4.69, 9.17) is 4.74 Å². The van der Waals surface area contributed by atoms with E-state index in [2.05, 4.69) is 21.4 Å². The molecule has 0 aromatic carbocycles. The molecule has 0 aliphatic rings. The zero-order valence-electron chi connectivity index (χ0n) is 9.02. The molecule has 0 spiro atoms. The Bertz CT molecular complexity index is 274. The summed E-state index contributed by atoms with van der Waals surface area (Å²) in [6.45, 7) is 2.63. The Labute approximate surface area is 90.4 Å². The molecule has 0 aliphatic heterocycles. The SMILES string of the molecule is COCCNCCC=Cc1cncnc1. The maximum Gasteiger partial charge on any atom is 0.115 e. The lowest BCUT2D eigenvalue weighted by molar-refractivity contribution is 0.199. The summed E-state index contributed by atoms with van der Waals surface area (Å²) >= 11 is 0. The van der Waals surface area contributed by atoms with Crippen molar-refractivity contribution in [2.45, 2.75) is 6.42 Å². The van der Waals surface area contributed by atoms with E-state index in [1.54, 1.807) is 19.5 Å². The van der Waals surface area contributed by atoms with Gasteiger partial charge in [0.25, 0.3) is 0 Å². The van der Waals surface area contributed by atoms with Gasteiger partial charge in [0.1, 0.15) is 6.33 Å². The molecule has 0 aliphatic carbocycles. The van der Waals surface area contributed by atoms with Crippen LogP contribution in [0.25, 0.3) is 6.08 Å².